The van der Waals surface area contributed by atoms with E-state index in [4.69, 9.17) is 0 Å². The molecule has 1 aromatic carbocycles. The van der Waals surface area contributed by atoms with Crippen molar-refractivity contribution in [3.05, 3.63) is 52.2 Å². The Morgan fingerprint density at radius 1 is 1.08 bits per heavy atom. The Labute approximate surface area is 164 Å². The second-order valence-corrected chi connectivity index (χ2v) is 8.84. The van der Waals surface area contributed by atoms with E-state index in [1.54, 1.807) is 11.8 Å². The number of thioether (sulfide) groups is 2. The van der Waals surface area contributed by atoms with Gasteiger partial charge in [-0.1, -0.05) is 17.7 Å². The Morgan fingerprint density at radius 3 is 2.42 bits per heavy atom. The van der Waals surface area contributed by atoms with Crippen LogP contribution in [0, 0.1) is 25.2 Å². The number of pyridine rings is 1. The highest BCUT2D eigenvalue weighted by molar-refractivity contribution is 8.00. The van der Waals surface area contributed by atoms with Crippen LogP contribution in [0.3, 0.4) is 0 Å². The summed E-state index contributed by atoms with van der Waals surface area (Å²) in [6, 6.07) is 10.7. The fraction of sp³-hybridized carbons (Fsp3) is 0.429. The van der Waals surface area contributed by atoms with Crippen LogP contribution in [0.4, 0.5) is 0 Å². The summed E-state index contributed by atoms with van der Waals surface area (Å²) in [5, 5.41) is 20.8. The lowest BCUT2D eigenvalue weighted by molar-refractivity contribution is 0.225. The molecule has 0 saturated heterocycles. The third-order valence-electron chi connectivity index (χ3n) is 4.68. The van der Waals surface area contributed by atoms with E-state index in [0.717, 1.165) is 35.5 Å². The third kappa shape index (κ3) is 4.62. The fourth-order valence-corrected chi connectivity index (χ4v) is 5.22. The highest BCUT2D eigenvalue weighted by Crippen LogP contribution is 2.32. The van der Waals surface area contributed by atoms with E-state index in [-0.39, 0.29) is 0 Å². The molecule has 1 heterocycles. The molecule has 136 valence electrons. The van der Waals surface area contributed by atoms with Crippen LogP contribution in [0.5, 0.6) is 0 Å². The number of aryl methyl sites for hydroxylation is 2. The number of hydrogen-bond donors (Lipinski definition) is 1. The molecule has 3 nitrogen and oxygen atoms in total. The molecule has 1 N–H and O–H groups in total. The summed E-state index contributed by atoms with van der Waals surface area (Å²) in [4.78, 5) is 5.85. The summed E-state index contributed by atoms with van der Waals surface area (Å²) in [6.07, 6.45) is 3.90. The molecule has 1 atom stereocenters. The van der Waals surface area contributed by atoms with E-state index >= 15 is 0 Å². The fourth-order valence-electron chi connectivity index (χ4n) is 3.26. The van der Waals surface area contributed by atoms with Crippen LogP contribution >= 0.6 is 23.5 Å². The van der Waals surface area contributed by atoms with Gasteiger partial charge in [0, 0.05) is 22.1 Å². The normalized spacial score (nSPS) is 14.5. The van der Waals surface area contributed by atoms with E-state index in [9.17, 15) is 10.4 Å². The van der Waals surface area contributed by atoms with Gasteiger partial charge in [0.05, 0.1) is 11.7 Å². The summed E-state index contributed by atoms with van der Waals surface area (Å²) < 4.78 is 0. The van der Waals surface area contributed by atoms with Gasteiger partial charge < -0.3 is 5.11 Å². The average Bonchev–Trinajstić information content (AvgIpc) is 2.66. The second-order valence-electron chi connectivity index (χ2n) is 6.74. The van der Waals surface area contributed by atoms with E-state index < -0.39 is 6.10 Å². The number of nitriles is 1. The van der Waals surface area contributed by atoms with Crippen molar-refractivity contribution in [2.24, 2.45) is 0 Å². The molecule has 0 unspecified atom stereocenters. The average molecular weight is 385 g/mol. The van der Waals surface area contributed by atoms with Gasteiger partial charge >= 0.3 is 0 Å². The molecule has 0 amide bonds. The Kier molecular flexibility index (Phi) is 6.63. The van der Waals surface area contributed by atoms with Crippen molar-refractivity contribution in [3.63, 3.8) is 0 Å². The van der Waals surface area contributed by atoms with Crippen molar-refractivity contribution in [1.29, 1.82) is 5.26 Å². The molecule has 3 rings (SSSR count). The highest BCUT2D eigenvalue weighted by Gasteiger charge is 2.21. The van der Waals surface area contributed by atoms with Crippen LogP contribution in [0.25, 0.3) is 0 Å². The van der Waals surface area contributed by atoms with Crippen LogP contribution in [-0.4, -0.2) is 27.7 Å². The standard InChI is InChI=1S/C21H24N2OS2/c1-14-7-9-17(10-8-14)25-12-16(24)13-26-21-20(11-22)19-6-4-3-5-18(19)15(2)23-21/h7-10,16,24H,3-6,12-13H2,1-2H3/t16-/m1/s1. The predicted molar refractivity (Wildman–Crippen MR) is 109 cm³/mol. The molecule has 0 spiro atoms. The van der Waals surface area contributed by atoms with Crippen molar-refractivity contribution in [3.8, 4) is 6.07 Å². The minimum atomic E-state index is -0.434. The van der Waals surface area contributed by atoms with Gasteiger partial charge in [0.1, 0.15) is 11.1 Å². The van der Waals surface area contributed by atoms with Gasteiger partial charge in [0.25, 0.3) is 0 Å². The molecule has 0 saturated carbocycles. The molecule has 1 aliphatic carbocycles. The minimum absolute atomic E-state index is 0.434. The topological polar surface area (TPSA) is 56.9 Å². The van der Waals surface area contributed by atoms with E-state index in [0.29, 0.717) is 11.5 Å². The Hall–Kier alpha value is -1.48. The summed E-state index contributed by atoms with van der Waals surface area (Å²) in [7, 11) is 0. The van der Waals surface area contributed by atoms with Gasteiger partial charge in [-0.25, -0.2) is 4.98 Å². The summed E-state index contributed by atoms with van der Waals surface area (Å²) in [5.74, 6) is 1.20. The van der Waals surface area contributed by atoms with Crippen LogP contribution in [-0.2, 0) is 12.8 Å². The van der Waals surface area contributed by atoms with Crippen LogP contribution in [0.2, 0.25) is 0 Å². The van der Waals surface area contributed by atoms with Crippen molar-refractivity contribution < 1.29 is 5.11 Å². The number of hydrogen-bond acceptors (Lipinski definition) is 5. The van der Waals surface area contributed by atoms with Gasteiger partial charge in [-0.2, -0.15) is 5.26 Å². The van der Waals surface area contributed by atoms with Gasteiger partial charge in [0.2, 0.25) is 0 Å². The number of benzene rings is 1. The van der Waals surface area contributed by atoms with Gasteiger partial charge in [-0.05, 0) is 62.8 Å². The highest BCUT2D eigenvalue weighted by atomic mass is 32.2. The van der Waals surface area contributed by atoms with Crippen molar-refractivity contribution in [2.75, 3.05) is 11.5 Å². The van der Waals surface area contributed by atoms with Crippen LogP contribution < -0.4 is 0 Å². The maximum Gasteiger partial charge on any atom is 0.114 e. The summed E-state index contributed by atoms with van der Waals surface area (Å²) in [5.41, 5.74) is 5.48. The monoisotopic (exact) mass is 384 g/mol. The molecule has 2 aromatic rings. The zero-order chi connectivity index (χ0) is 18.5. The van der Waals surface area contributed by atoms with Crippen LogP contribution in [0.15, 0.2) is 34.2 Å². The summed E-state index contributed by atoms with van der Waals surface area (Å²) >= 11 is 3.17. The number of aliphatic hydroxyl groups is 1. The van der Waals surface area contributed by atoms with Crippen molar-refractivity contribution in [1.82, 2.24) is 4.98 Å². The SMILES string of the molecule is Cc1ccc(SC[C@@H](O)CSc2nc(C)c3c(c2C#N)CCCC3)cc1. The lowest BCUT2D eigenvalue weighted by Gasteiger charge is -2.21. The van der Waals surface area contributed by atoms with Crippen molar-refractivity contribution in [2.45, 2.75) is 55.6 Å². The smallest absolute Gasteiger partial charge is 0.114 e. The Morgan fingerprint density at radius 2 is 1.73 bits per heavy atom. The third-order valence-corrected chi connectivity index (χ3v) is 6.95. The minimum Gasteiger partial charge on any atom is -0.391 e. The second kappa shape index (κ2) is 8.94. The largest absolute Gasteiger partial charge is 0.391 e. The maximum absolute atomic E-state index is 10.3. The van der Waals surface area contributed by atoms with E-state index in [2.05, 4.69) is 42.2 Å². The lowest BCUT2D eigenvalue weighted by Crippen LogP contribution is -2.15. The molecule has 26 heavy (non-hydrogen) atoms. The molecule has 0 fully saturated rings. The number of rotatable bonds is 6. The van der Waals surface area contributed by atoms with E-state index in [1.807, 2.05) is 6.92 Å². The van der Waals surface area contributed by atoms with Crippen molar-refractivity contribution >= 4 is 23.5 Å². The first-order valence-corrected chi connectivity index (χ1v) is 11.0. The molecule has 5 heteroatoms. The number of fused-ring (bicyclic) bond motifs is 1. The zero-order valence-corrected chi connectivity index (χ0v) is 16.9. The number of aliphatic hydroxyl groups excluding tert-OH is 1. The summed E-state index contributed by atoms with van der Waals surface area (Å²) in [6.45, 7) is 4.11. The molecule has 1 aliphatic rings. The zero-order valence-electron chi connectivity index (χ0n) is 15.3. The molecule has 0 aliphatic heterocycles. The Balaban J connectivity index is 1.63. The first kappa shape index (κ1) is 19.3. The quantitative estimate of drug-likeness (QED) is 0.732. The molecule has 0 radical (unpaired) electrons. The van der Waals surface area contributed by atoms with Crippen LogP contribution in [0.1, 0.15) is 40.8 Å². The number of aromatic nitrogens is 1. The molecule has 0 bridgehead atoms. The molecular formula is C21H24N2OS2. The predicted octanol–water partition coefficient (Wildman–Crippen LogP) is 4.69. The first-order chi connectivity index (χ1) is 12.6. The molecule has 1 aromatic heterocycles. The molecular weight excluding hydrogens is 360 g/mol. The van der Waals surface area contributed by atoms with Gasteiger partial charge in [0.15, 0.2) is 0 Å². The first-order valence-electron chi connectivity index (χ1n) is 9.01. The van der Waals surface area contributed by atoms with E-state index in [1.165, 1.54) is 39.8 Å². The maximum atomic E-state index is 10.3. The Bertz CT molecular complexity index is 812. The number of nitrogens with zero attached hydrogens (tertiary/aromatic N) is 2. The van der Waals surface area contributed by atoms with Gasteiger partial charge in [-0.15, -0.1) is 23.5 Å². The van der Waals surface area contributed by atoms with Gasteiger partial charge in [-0.3, -0.25) is 0 Å². The lowest BCUT2D eigenvalue weighted by atomic mass is 9.88.